The molecule has 0 aliphatic carbocycles. The van der Waals surface area contributed by atoms with Crippen LogP contribution in [0.5, 0.6) is 0 Å². The Labute approximate surface area is 388 Å². The predicted molar refractivity (Wildman–Crippen MR) is 282 cm³/mol. The van der Waals surface area contributed by atoms with Crippen LogP contribution in [0.2, 0.25) is 0 Å². The lowest BCUT2D eigenvalue weighted by Gasteiger charge is -2.26. The fourth-order valence-corrected chi connectivity index (χ4v) is 10.2. The van der Waals surface area contributed by atoms with Gasteiger partial charge in [-0.3, -0.25) is 0 Å². The van der Waals surface area contributed by atoms with E-state index in [1.165, 1.54) is 60.4 Å². The lowest BCUT2D eigenvalue weighted by Crippen LogP contribution is -2.10. The molecule has 11 aromatic carbocycles. The Morgan fingerprint density at radius 1 is 0.299 bits per heavy atom. The standard InChI is InChI=1S/C64H42N2O/c1-2-16-54-47(12-1)13-10-20-55(54)48-34-40-51(41-35-48)65(53-15-9-14-49(42-53)56-21-11-25-63-64(56)59-19-5-8-24-62(59)67-63)50-36-30-45(31-37-50)43-26-28-44(29-27-43)46-32-38-52(39-33-46)66-60-22-6-3-17-57(60)58-18-4-7-23-61(58)66/h1-42H. The fraction of sp³-hybridized carbons (Fsp3) is 0. The van der Waals surface area contributed by atoms with Crippen molar-refractivity contribution in [2.24, 2.45) is 0 Å². The van der Waals surface area contributed by atoms with Crippen molar-refractivity contribution in [1.29, 1.82) is 0 Å². The molecule has 0 bridgehead atoms. The molecule has 0 amide bonds. The molecule has 0 N–H and O–H groups in total. The number of hydrogen-bond acceptors (Lipinski definition) is 2. The van der Waals surface area contributed by atoms with E-state index < -0.39 is 0 Å². The summed E-state index contributed by atoms with van der Waals surface area (Å²) in [6.45, 7) is 0. The Morgan fingerprint density at radius 3 is 1.45 bits per heavy atom. The topological polar surface area (TPSA) is 21.3 Å². The van der Waals surface area contributed by atoms with Crippen molar-refractivity contribution in [3.05, 3.63) is 255 Å². The summed E-state index contributed by atoms with van der Waals surface area (Å²) in [7, 11) is 0. The predicted octanol–water partition coefficient (Wildman–Crippen LogP) is 18.0. The van der Waals surface area contributed by atoms with Crippen molar-refractivity contribution in [2.75, 3.05) is 4.90 Å². The van der Waals surface area contributed by atoms with Crippen LogP contribution < -0.4 is 4.90 Å². The molecule has 0 aliphatic heterocycles. The van der Waals surface area contributed by atoms with E-state index in [1.54, 1.807) is 0 Å². The van der Waals surface area contributed by atoms with Crippen LogP contribution in [-0.2, 0) is 0 Å². The van der Waals surface area contributed by atoms with Crippen molar-refractivity contribution < 1.29 is 4.42 Å². The summed E-state index contributed by atoms with van der Waals surface area (Å²) >= 11 is 0. The van der Waals surface area contributed by atoms with Crippen molar-refractivity contribution in [3.8, 4) is 50.2 Å². The van der Waals surface area contributed by atoms with Gasteiger partial charge < -0.3 is 13.9 Å². The molecule has 13 rings (SSSR count). The number of fused-ring (bicyclic) bond motifs is 7. The van der Waals surface area contributed by atoms with E-state index in [1.807, 2.05) is 12.1 Å². The van der Waals surface area contributed by atoms with Crippen LogP contribution in [0.15, 0.2) is 259 Å². The number of nitrogens with zero attached hydrogens (tertiary/aromatic N) is 2. The second-order valence-corrected chi connectivity index (χ2v) is 17.3. The van der Waals surface area contributed by atoms with Gasteiger partial charge in [0.05, 0.1) is 11.0 Å². The zero-order valence-corrected chi connectivity index (χ0v) is 36.6. The van der Waals surface area contributed by atoms with Gasteiger partial charge in [0.15, 0.2) is 0 Å². The smallest absolute Gasteiger partial charge is 0.136 e. The van der Waals surface area contributed by atoms with E-state index in [9.17, 15) is 0 Å². The number of benzene rings is 11. The Balaban J connectivity index is 0.838. The van der Waals surface area contributed by atoms with Crippen LogP contribution in [0.25, 0.3) is 105 Å². The lowest BCUT2D eigenvalue weighted by atomic mass is 9.97. The Hall–Kier alpha value is -8.92. The van der Waals surface area contributed by atoms with Crippen molar-refractivity contribution >= 4 is 71.6 Å². The Morgan fingerprint density at radius 2 is 0.776 bits per heavy atom. The zero-order chi connectivity index (χ0) is 44.3. The van der Waals surface area contributed by atoms with Crippen LogP contribution in [0.4, 0.5) is 17.1 Å². The van der Waals surface area contributed by atoms with E-state index in [0.29, 0.717) is 0 Å². The minimum absolute atomic E-state index is 0.891. The Kier molecular flexibility index (Phi) is 9.17. The molecule has 3 nitrogen and oxygen atoms in total. The van der Waals surface area contributed by atoms with Gasteiger partial charge in [0.1, 0.15) is 11.2 Å². The van der Waals surface area contributed by atoms with Crippen LogP contribution in [0.3, 0.4) is 0 Å². The van der Waals surface area contributed by atoms with E-state index >= 15 is 0 Å². The molecule has 2 heterocycles. The summed E-state index contributed by atoms with van der Waals surface area (Å²) in [6.07, 6.45) is 0. The summed E-state index contributed by atoms with van der Waals surface area (Å²) in [4.78, 5) is 2.36. The number of rotatable bonds is 8. The largest absolute Gasteiger partial charge is 0.456 e. The molecule has 0 spiro atoms. The van der Waals surface area contributed by atoms with E-state index in [-0.39, 0.29) is 0 Å². The minimum Gasteiger partial charge on any atom is -0.456 e. The van der Waals surface area contributed by atoms with E-state index in [2.05, 4.69) is 252 Å². The van der Waals surface area contributed by atoms with Crippen molar-refractivity contribution in [3.63, 3.8) is 0 Å². The Bertz CT molecular complexity index is 3890. The first-order chi connectivity index (χ1) is 33.2. The second-order valence-electron chi connectivity index (χ2n) is 17.3. The van der Waals surface area contributed by atoms with Gasteiger partial charge >= 0.3 is 0 Å². The highest BCUT2D eigenvalue weighted by atomic mass is 16.3. The number of furan rings is 1. The van der Waals surface area contributed by atoms with E-state index in [4.69, 9.17) is 4.42 Å². The van der Waals surface area contributed by atoms with Crippen molar-refractivity contribution in [1.82, 2.24) is 4.57 Å². The molecular formula is C64H42N2O. The number of hydrogen-bond donors (Lipinski definition) is 0. The first kappa shape index (κ1) is 38.5. The molecule has 0 fully saturated rings. The lowest BCUT2D eigenvalue weighted by molar-refractivity contribution is 0.669. The average Bonchev–Trinajstić information content (AvgIpc) is 3.95. The van der Waals surface area contributed by atoms with Gasteiger partial charge in [-0.1, -0.05) is 182 Å². The maximum atomic E-state index is 6.31. The highest BCUT2D eigenvalue weighted by Crippen LogP contribution is 2.42. The highest BCUT2D eigenvalue weighted by molar-refractivity contribution is 6.13. The van der Waals surface area contributed by atoms with Gasteiger partial charge in [-0.2, -0.15) is 0 Å². The summed E-state index contributed by atoms with van der Waals surface area (Å²) in [5.41, 5.74) is 18.0. The third kappa shape index (κ3) is 6.67. The molecule has 0 atom stereocenters. The molecule has 0 radical (unpaired) electrons. The monoisotopic (exact) mass is 854 g/mol. The number of para-hydroxylation sites is 3. The normalized spacial score (nSPS) is 11.6. The van der Waals surface area contributed by atoms with Crippen LogP contribution in [0.1, 0.15) is 0 Å². The first-order valence-corrected chi connectivity index (χ1v) is 22.9. The maximum Gasteiger partial charge on any atom is 0.136 e. The molecule has 0 unspecified atom stereocenters. The number of aromatic nitrogens is 1. The highest BCUT2D eigenvalue weighted by Gasteiger charge is 2.18. The summed E-state index contributed by atoms with van der Waals surface area (Å²) in [6, 6.07) is 91.8. The molecular weight excluding hydrogens is 813 g/mol. The van der Waals surface area contributed by atoms with Gasteiger partial charge in [-0.15, -0.1) is 0 Å². The minimum atomic E-state index is 0.891. The fourth-order valence-electron chi connectivity index (χ4n) is 10.2. The summed E-state index contributed by atoms with van der Waals surface area (Å²) < 4.78 is 8.68. The van der Waals surface area contributed by atoms with Gasteiger partial charge in [0.25, 0.3) is 0 Å². The molecule has 67 heavy (non-hydrogen) atoms. The summed E-state index contributed by atoms with van der Waals surface area (Å²) in [5, 5.41) is 7.28. The summed E-state index contributed by atoms with van der Waals surface area (Å²) in [5.74, 6) is 0. The second kappa shape index (κ2) is 16.0. The maximum absolute atomic E-state index is 6.31. The molecule has 2 aromatic heterocycles. The first-order valence-electron chi connectivity index (χ1n) is 22.9. The van der Waals surface area contributed by atoms with Gasteiger partial charge in [-0.05, 0) is 128 Å². The molecule has 0 saturated carbocycles. The SMILES string of the molecule is c1cc(-c2cccc3oc4ccccc4c23)cc(N(c2ccc(-c3ccc(-c4ccc(-n5c6ccccc6c6ccccc65)cc4)cc3)cc2)c2ccc(-c3cccc4ccccc34)cc2)c1. The van der Waals surface area contributed by atoms with Crippen LogP contribution in [-0.4, -0.2) is 4.57 Å². The molecule has 13 aromatic rings. The van der Waals surface area contributed by atoms with E-state index in [0.717, 1.165) is 61.4 Å². The zero-order valence-electron chi connectivity index (χ0n) is 36.6. The van der Waals surface area contributed by atoms with Crippen molar-refractivity contribution in [2.45, 2.75) is 0 Å². The molecule has 0 saturated heterocycles. The number of anilines is 3. The molecule has 0 aliphatic rings. The van der Waals surface area contributed by atoms with Crippen LogP contribution in [0, 0.1) is 0 Å². The van der Waals surface area contributed by atoms with Crippen LogP contribution >= 0.6 is 0 Å². The third-order valence-corrected chi connectivity index (χ3v) is 13.4. The third-order valence-electron chi connectivity index (χ3n) is 13.4. The molecule has 3 heteroatoms. The van der Waals surface area contributed by atoms with Gasteiger partial charge in [0, 0.05) is 44.3 Å². The molecule has 314 valence electrons. The quantitative estimate of drug-likeness (QED) is 0.152. The average molecular weight is 855 g/mol. The van der Waals surface area contributed by atoms with Gasteiger partial charge in [-0.25, -0.2) is 0 Å². The van der Waals surface area contributed by atoms with Gasteiger partial charge in [0.2, 0.25) is 0 Å².